The van der Waals surface area contributed by atoms with Crippen LogP contribution in [0, 0.1) is 0 Å². The Bertz CT molecular complexity index is 783. The second-order valence-corrected chi connectivity index (χ2v) is 6.86. The Morgan fingerprint density at radius 2 is 1.82 bits per heavy atom. The maximum absolute atomic E-state index is 12.7. The number of nitrogens with zero attached hydrogens (tertiary/aromatic N) is 1. The molecule has 5 heteroatoms. The molecule has 0 spiro atoms. The minimum absolute atomic E-state index is 0.130. The molecular formula is C17H17NO3S. The third-order valence-corrected chi connectivity index (χ3v) is 4.24. The third-order valence-electron chi connectivity index (χ3n) is 3.13. The molecule has 0 fully saturated rings. The number of rotatable bonds is 5. The maximum atomic E-state index is 12.7. The molecule has 0 radical (unpaired) electrons. The molecule has 0 aromatic heterocycles. The summed E-state index contributed by atoms with van der Waals surface area (Å²) in [5, 5.41) is 0. The Morgan fingerprint density at radius 1 is 1.14 bits per heavy atom. The van der Waals surface area contributed by atoms with Crippen molar-refractivity contribution >= 4 is 21.4 Å². The normalized spacial score (nSPS) is 11.0. The second kappa shape index (κ2) is 6.58. The highest BCUT2D eigenvalue weighted by Gasteiger charge is 2.18. The molecule has 0 aliphatic heterocycles. The molecule has 0 N–H and O–H groups in total. The lowest BCUT2D eigenvalue weighted by Gasteiger charge is -2.21. The quantitative estimate of drug-likeness (QED) is 0.797. The number of para-hydroxylation sites is 1. The van der Waals surface area contributed by atoms with E-state index in [1.54, 1.807) is 23.1 Å². The molecule has 0 atom stereocenters. The van der Waals surface area contributed by atoms with E-state index in [-0.39, 0.29) is 10.8 Å². The van der Waals surface area contributed by atoms with E-state index in [1.807, 2.05) is 30.3 Å². The zero-order chi connectivity index (χ0) is 16.2. The van der Waals surface area contributed by atoms with Crippen molar-refractivity contribution in [3.8, 4) is 0 Å². The van der Waals surface area contributed by atoms with E-state index in [0.717, 1.165) is 11.9 Å². The van der Waals surface area contributed by atoms with Crippen molar-refractivity contribution in [1.29, 1.82) is 0 Å². The molecule has 0 saturated heterocycles. The van der Waals surface area contributed by atoms with Crippen molar-refractivity contribution in [3.63, 3.8) is 0 Å². The molecule has 0 unspecified atom stereocenters. The van der Waals surface area contributed by atoms with Crippen LogP contribution in [0.3, 0.4) is 0 Å². The van der Waals surface area contributed by atoms with Crippen LogP contribution in [0.15, 0.2) is 72.1 Å². The monoisotopic (exact) mass is 315 g/mol. The van der Waals surface area contributed by atoms with Gasteiger partial charge in [-0.15, -0.1) is 6.58 Å². The smallest absolute Gasteiger partial charge is 0.258 e. The van der Waals surface area contributed by atoms with Gasteiger partial charge in [-0.05, 0) is 30.3 Å². The van der Waals surface area contributed by atoms with Gasteiger partial charge in [0.25, 0.3) is 5.91 Å². The zero-order valence-corrected chi connectivity index (χ0v) is 13.1. The first-order chi connectivity index (χ1) is 10.4. The Balaban J connectivity index is 2.42. The van der Waals surface area contributed by atoms with Crippen molar-refractivity contribution in [1.82, 2.24) is 0 Å². The Kier molecular flexibility index (Phi) is 4.78. The van der Waals surface area contributed by atoms with E-state index in [0.29, 0.717) is 12.1 Å². The highest BCUT2D eigenvalue weighted by molar-refractivity contribution is 7.90. The van der Waals surface area contributed by atoms with Crippen LogP contribution in [-0.2, 0) is 9.84 Å². The lowest BCUT2D eigenvalue weighted by molar-refractivity contribution is 0.0989. The molecule has 0 bridgehead atoms. The predicted molar refractivity (Wildman–Crippen MR) is 87.9 cm³/mol. The van der Waals surface area contributed by atoms with Gasteiger partial charge < -0.3 is 4.90 Å². The average Bonchev–Trinajstić information content (AvgIpc) is 2.52. The first-order valence-electron chi connectivity index (χ1n) is 6.71. The van der Waals surface area contributed by atoms with E-state index in [4.69, 9.17) is 0 Å². The van der Waals surface area contributed by atoms with E-state index < -0.39 is 9.84 Å². The van der Waals surface area contributed by atoms with Gasteiger partial charge in [-0.1, -0.05) is 30.3 Å². The average molecular weight is 315 g/mol. The molecule has 0 aliphatic rings. The standard InChI is InChI=1S/C17H17NO3S/c1-3-12-18(15-9-5-4-6-10-15)17(19)14-8-7-11-16(13-14)22(2,20)21/h3-11,13H,1,12H2,2H3. The molecule has 2 rings (SSSR count). The van der Waals surface area contributed by atoms with Crippen LogP contribution in [0.5, 0.6) is 0 Å². The van der Waals surface area contributed by atoms with E-state index in [2.05, 4.69) is 6.58 Å². The largest absolute Gasteiger partial charge is 0.305 e. The predicted octanol–water partition coefficient (Wildman–Crippen LogP) is 2.92. The lowest BCUT2D eigenvalue weighted by Crippen LogP contribution is -2.31. The minimum Gasteiger partial charge on any atom is -0.305 e. The van der Waals surface area contributed by atoms with Gasteiger partial charge in [0.2, 0.25) is 0 Å². The first kappa shape index (κ1) is 16.0. The number of sulfone groups is 1. The highest BCUT2D eigenvalue weighted by atomic mass is 32.2. The summed E-state index contributed by atoms with van der Waals surface area (Å²) in [4.78, 5) is 14.4. The van der Waals surface area contributed by atoms with E-state index in [9.17, 15) is 13.2 Å². The van der Waals surface area contributed by atoms with Crippen LogP contribution in [-0.4, -0.2) is 27.1 Å². The summed E-state index contributed by atoms with van der Waals surface area (Å²) in [6.07, 6.45) is 2.75. The summed E-state index contributed by atoms with van der Waals surface area (Å²) in [7, 11) is -3.35. The maximum Gasteiger partial charge on any atom is 0.258 e. The van der Waals surface area contributed by atoms with Crippen molar-refractivity contribution in [2.45, 2.75) is 4.90 Å². The van der Waals surface area contributed by atoms with Crippen LogP contribution < -0.4 is 4.90 Å². The molecule has 0 heterocycles. The number of carbonyl (C=O) groups excluding carboxylic acids is 1. The van der Waals surface area contributed by atoms with Gasteiger partial charge in [0.05, 0.1) is 4.90 Å². The summed E-state index contributed by atoms with van der Waals surface area (Å²) >= 11 is 0. The van der Waals surface area contributed by atoms with Gasteiger partial charge in [0.1, 0.15) is 0 Å². The molecule has 0 aliphatic carbocycles. The molecular weight excluding hydrogens is 298 g/mol. The first-order valence-corrected chi connectivity index (χ1v) is 8.60. The fourth-order valence-electron chi connectivity index (χ4n) is 2.06. The minimum atomic E-state index is -3.35. The highest BCUT2D eigenvalue weighted by Crippen LogP contribution is 2.19. The molecule has 2 aromatic carbocycles. The summed E-state index contributed by atoms with van der Waals surface area (Å²) in [6, 6.07) is 15.2. The van der Waals surface area contributed by atoms with Gasteiger partial charge >= 0.3 is 0 Å². The second-order valence-electron chi connectivity index (χ2n) is 4.84. The molecule has 114 valence electrons. The SMILES string of the molecule is C=CCN(C(=O)c1cccc(S(C)(=O)=O)c1)c1ccccc1. The number of hydrogen-bond donors (Lipinski definition) is 0. The van der Waals surface area contributed by atoms with Gasteiger partial charge in [-0.3, -0.25) is 4.79 Å². The van der Waals surface area contributed by atoms with E-state index in [1.165, 1.54) is 12.1 Å². The zero-order valence-electron chi connectivity index (χ0n) is 12.3. The molecule has 22 heavy (non-hydrogen) atoms. The summed E-state index contributed by atoms with van der Waals surface area (Å²) in [6.45, 7) is 4.01. The lowest BCUT2D eigenvalue weighted by atomic mass is 10.1. The number of carbonyl (C=O) groups is 1. The van der Waals surface area contributed by atoms with Crippen molar-refractivity contribution < 1.29 is 13.2 Å². The van der Waals surface area contributed by atoms with E-state index >= 15 is 0 Å². The van der Waals surface area contributed by atoms with Crippen LogP contribution in [0.1, 0.15) is 10.4 Å². The van der Waals surface area contributed by atoms with Crippen LogP contribution >= 0.6 is 0 Å². The number of benzene rings is 2. The Morgan fingerprint density at radius 3 is 2.41 bits per heavy atom. The Labute approximate surface area is 130 Å². The molecule has 2 aromatic rings. The van der Waals surface area contributed by atoms with Gasteiger partial charge in [-0.2, -0.15) is 0 Å². The van der Waals surface area contributed by atoms with Crippen molar-refractivity contribution in [2.75, 3.05) is 17.7 Å². The topological polar surface area (TPSA) is 54.5 Å². The fourth-order valence-corrected chi connectivity index (χ4v) is 2.73. The Hall–Kier alpha value is -2.40. The number of amides is 1. The third kappa shape index (κ3) is 3.62. The molecule has 1 amide bonds. The van der Waals surface area contributed by atoms with Crippen molar-refractivity contribution in [2.24, 2.45) is 0 Å². The van der Waals surface area contributed by atoms with Gasteiger partial charge in [-0.25, -0.2) is 8.42 Å². The summed E-state index contributed by atoms with van der Waals surface area (Å²) < 4.78 is 23.3. The van der Waals surface area contributed by atoms with Crippen LogP contribution in [0.25, 0.3) is 0 Å². The van der Waals surface area contributed by atoms with Gasteiger partial charge in [0, 0.05) is 24.1 Å². The van der Waals surface area contributed by atoms with Gasteiger partial charge in [0.15, 0.2) is 9.84 Å². The summed E-state index contributed by atoms with van der Waals surface area (Å²) in [5.41, 5.74) is 1.06. The van der Waals surface area contributed by atoms with Crippen LogP contribution in [0.4, 0.5) is 5.69 Å². The number of anilines is 1. The fraction of sp³-hybridized carbons (Fsp3) is 0.118. The molecule has 0 saturated carbocycles. The van der Waals surface area contributed by atoms with Crippen LogP contribution in [0.2, 0.25) is 0 Å². The van der Waals surface area contributed by atoms with Crippen molar-refractivity contribution in [3.05, 3.63) is 72.8 Å². The molecule has 4 nitrogen and oxygen atoms in total. The number of hydrogen-bond acceptors (Lipinski definition) is 3. The summed E-state index contributed by atoms with van der Waals surface area (Å²) in [5.74, 6) is -0.267.